The first-order valence-electron chi connectivity index (χ1n) is 6.37. The Morgan fingerprint density at radius 1 is 1.67 bits per heavy atom. The van der Waals surface area contributed by atoms with Gasteiger partial charge in [0, 0.05) is 37.6 Å². The highest BCUT2D eigenvalue weighted by Gasteiger charge is 2.19. The molecule has 5 heteroatoms. The Morgan fingerprint density at radius 3 is 3.17 bits per heavy atom. The molecule has 4 nitrogen and oxygen atoms in total. The molecule has 100 valence electrons. The van der Waals surface area contributed by atoms with Crippen molar-refractivity contribution in [1.29, 1.82) is 0 Å². The van der Waals surface area contributed by atoms with E-state index in [0.717, 1.165) is 26.2 Å². The van der Waals surface area contributed by atoms with Crippen molar-refractivity contribution in [1.82, 2.24) is 15.1 Å². The van der Waals surface area contributed by atoms with Crippen LogP contribution in [0.15, 0.2) is 17.5 Å². The average Bonchev–Trinajstić information content (AvgIpc) is 2.81. The van der Waals surface area contributed by atoms with Crippen LogP contribution >= 0.6 is 11.3 Å². The van der Waals surface area contributed by atoms with Crippen molar-refractivity contribution in [3.8, 4) is 0 Å². The Labute approximate surface area is 113 Å². The molecule has 0 bridgehead atoms. The van der Waals surface area contributed by atoms with Crippen LogP contribution in [-0.4, -0.2) is 55.0 Å². The Morgan fingerprint density at radius 2 is 2.50 bits per heavy atom. The van der Waals surface area contributed by atoms with Gasteiger partial charge in [-0.15, -0.1) is 11.3 Å². The lowest BCUT2D eigenvalue weighted by Crippen LogP contribution is -2.51. The maximum atomic E-state index is 12.1. The zero-order valence-corrected chi connectivity index (χ0v) is 11.9. The van der Waals surface area contributed by atoms with E-state index in [9.17, 15) is 4.79 Å². The van der Waals surface area contributed by atoms with Crippen molar-refractivity contribution >= 4 is 17.2 Å². The SMILES string of the molecule is C[C@@H]1CN(CC(=O)N(C)Cc2cccs2)CCN1. The van der Waals surface area contributed by atoms with Crippen LogP contribution in [0, 0.1) is 0 Å². The molecule has 0 aromatic carbocycles. The van der Waals surface area contributed by atoms with E-state index < -0.39 is 0 Å². The van der Waals surface area contributed by atoms with Crippen molar-refractivity contribution in [2.75, 3.05) is 33.2 Å². The number of amides is 1. The topological polar surface area (TPSA) is 35.6 Å². The molecule has 1 aliphatic heterocycles. The molecular formula is C13H21N3OS. The second kappa shape index (κ2) is 6.31. The second-order valence-electron chi connectivity index (χ2n) is 4.92. The van der Waals surface area contributed by atoms with Crippen LogP contribution in [0.25, 0.3) is 0 Å². The van der Waals surface area contributed by atoms with Gasteiger partial charge in [0.2, 0.25) is 5.91 Å². The minimum absolute atomic E-state index is 0.206. The monoisotopic (exact) mass is 267 g/mol. The van der Waals surface area contributed by atoms with Crippen LogP contribution in [0.4, 0.5) is 0 Å². The molecule has 1 N–H and O–H groups in total. The highest BCUT2D eigenvalue weighted by molar-refractivity contribution is 7.09. The molecule has 1 amide bonds. The number of carbonyl (C=O) groups excluding carboxylic acids is 1. The highest BCUT2D eigenvalue weighted by Crippen LogP contribution is 2.11. The molecule has 2 rings (SSSR count). The minimum Gasteiger partial charge on any atom is -0.340 e. The largest absolute Gasteiger partial charge is 0.340 e. The van der Waals surface area contributed by atoms with E-state index in [0.29, 0.717) is 12.6 Å². The van der Waals surface area contributed by atoms with Crippen LogP contribution < -0.4 is 5.32 Å². The summed E-state index contributed by atoms with van der Waals surface area (Å²) in [5.41, 5.74) is 0. The third-order valence-corrected chi connectivity index (χ3v) is 4.07. The third-order valence-electron chi connectivity index (χ3n) is 3.21. The summed E-state index contributed by atoms with van der Waals surface area (Å²) in [5, 5.41) is 5.43. The summed E-state index contributed by atoms with van der Waals surface area (Å²) in [6.45, 7) is 6.31. The van der Waals surface area contributed by atoms with E-state index in [1.54, 1.807) is 11.3 Å². The van der Waals surface area contributed by atoms with Gasteiger partial charge in [-0.25, -0.2) is 0 Å². The van der Waals surface area contributed by atoms with Crippen LogP contribution in [0.2, 0.25) is 0 Å². The lowest BCUT2D eigenvalue weighted by atomic mass is 10.2. The number of likely N-dealkylation sites (N-methyl/N-ethyl adjacent to an activating group) is 1. The fraction of sp³-hybridized carbons (Fsp3) is 0.615. The first-order chi connectivity index (χ1) is 8.65. The summed E-state index contributed by atoms with van der Waals surface area (Å²) in [7, 11) is 1.88. The van der Waals surface area contributed by atoms with Gasteiger partial charge in [-0.2, -0.15) is 0 Å². The molecule has 1 saturated heterocycles. The minimum atomic E-state index is 0.206. The predicted molar refractivity (Wildman–Crippen MR) is 74.7 cm³/mol. The van der Waals surface area contributed by atoms with E-state index in [-0.39, 0.29) is 5.91 Å². The van der Waals surface area contributed by atoms with Crippen molar-refractivity contribution in [3.05, 3.63) is 22.4 Å². The summed E-state index contributed by atoms with van der Waals surface area (Å²) < 4.78 is 0. The number of thiophene rings is 1. The second-order valence-corrected chi connectivity index (χ2v) is 5.95. The molecule has 1 aromatic rings. The quantitative estimate of drug-likeness (QED) is 0.884. The molecule has 0 radical (unpaired) electrons. The van der Waals surface area contributed by atoms with E-state index >= 15 is 0 Å². The first kappa shape index (κ1) is 13.5. The summed E-state index contributed by atoms with van der Waals surface area (Å²) in [5.74, 6) is 0.206. The molecule has 2 heterocycles. The summed E-state index contributed by atoms with van der Waals surface area (Å²) >= 11 is 1.70. The zero-order valence-electron chi connectivity index (χ0n) is 11.1. The van der Waals surface area contributed by atoms with Gasteiger partial charge in [0.1, 0.15) is 0 Å². The molecule has 1 fully saturated rings. The maximum absolute atomic E-state index is 12.1. The van der Waals surface area contributed by atoms with Crippen molar-refractivity contribution in [2.45, 2.75) is 19.5 Å². The van der Waals surface area contributed by atoms with E-state index in [4.69, 9.17) is 0 Å². The molecule has 0 saturated carbocycles. The van der Waals surface area contributed by atoms with Gasteiger partial charge in [0.05, 0.1) is 13.1 Å². The zero-order chi connectivity index (χ0) is 13.0. The summed E-state index contributed by atoms with van der Waals surface area (Å²) in [4.78, 5) is 17.4. The van der Waals surface area contributed by atoms with Crippen molar-refractivity contribution in [2.24, 2.45) is 0 Å². The molecule has 0 aliphatic carbocycles. The lowest BCUT2D eigenvalue weighted by Gasteiger charge is -2.32. The average molecular weight is 267 g/mol. The number of rotatable bonds is 4. The van der Waals surface area contributed by atoms with Gasteiger partial charge in [0.25, 0.3) is 0 Å². The van der Waals surface area contributed by atoms with E-state index in [1.807, 2.05) is 23.4 Å². The molecule has 1 aromatic heterocycles. The highest BCUT2D eigenvalue weighted by atomic mass is 32.1. The Kier molecular flexibility index (Phi) is 4.74. The predicted octanol–water partition coefficient (Wildman–Crippen LogP) is 1.00. The van der Waals surface area contributed by atoms with Crippen molar-refractivity contribution in [3.63, 3.8) is 0 Å². The van der Waals surface area contributed by atoms with Crippen LogP contribution in [0.3, 0.4) is 0 Å². The first-order valence-corrected chi connectivity index (χ1v) is 7.25. The van der Waals surface area contributed by atoms with Crippen molar-refractivity contribution < 1.29 is 4.79 Å². The molecule has 18 heavy (non-hydrogen) atoms. The molecule has 0 spiro atoms. The Bertz CT molecular complexity index is 380. The normalized spacial score (nSPS) is 20.9. The van der Waals surface area contributed by atoms with Gasteiger partial charge < -0.3 is 10.2 Å². The molecular weight excluding hydrogens is 246 g/mol. The molecule has 1 atom stereocenters. The summed E-state index contributed by atoms with van der Waals surface area (Å²) in [6, 6.07) is 4.58. The van der Waals surface area contributed by atoms with Crippen LogP contribution in [-0.2, 0) is 11.3 Å². The smallest absolute Gasteiger partial charge is 0.236 e. The Hall–Kier alpha value is -0.910. The van der Waals surface area contributed by atoms with Crippen LogP contribution in [0.5, 0.6) is 0 Å². The van der Waals surface area contributed by atoms with E-state index in [1.165, 1.54) is 4.88 Å². The number of hydrogen-bond acceptors (Lipinski definition) is 4. The number of hydrogen-bond donors (Lipinski definition) is 1. The van der Waals surface area contributed by atoms with Gasteiger partial charge in [-0.1, -0.05) is 6.07 Å². The number of nitrogens with one attached hydrogen (secondary N) is 1. The Balaban J connectivity index is 1.79. The van der Waals surface area contributed by atoms with Gasteiger partial charge >= 0.3 is 0 Å². The lowest BCUT2D eigenvalue weighted by molar-refractivity contribution is -0.131. The summed E-state index contributed by atoms with van der Waals surface area (Å²) in [6.07, 6.45) is 0. The van der Waals surface area contributed by atoms with E-state index in [2.05, 4.69) is 23.2 Å². The number of nitrogens with zero attached hydrogens (tertiary/aromatic N) is 2. The van der Waals surface area contributed by atoms with Gasteiger partial charge in [0.15, 0.2) is 0 Å². The molecule has 1 aliphatic rings. The number of piperazine rings is 1. The number of carbonyl (C=O) groups is 1. The van der Waals surface area contributed by atoms with Gasteiger partial charge in [-0.3, -0.25) is 9.69 Å². The van der Waals surface area contributed by atoms with Crippen LogP contribution in [0.1, 0.15) is 11.8 Å². The van der Waals surface area contributed by atoms with Gasteiger partial charge in [-0.05, 0) is 18.4 Å². The maximum Gasteiger partial charge on any atom is 0.236 e. The third kappa shape index (κ3) is 3.80. The fourth-order valence-corrected chi connectivity index (χ4v) is 2.95. The molecule has 0 unspecified atom stereocenters. The standard InChI is InChI=1S/C13H21N3OS/c1-11-8-16(6-5-14-11)10-13(17)15(2)9-12-4-3-7-18-12/h3-4,7,11,14H,5-6,8-10H2,1-2H3/t11-/m1/s1. The fourth-order valence-electron chi connectivity index (χ4n) is 2.19.